The number of hydrogen-bond donors (Lipinski definition) is 0. The SMILES string of the molecule is O=C(C(=O)N1CCN(Cc2ccc3c(c2)OCO3)CC1)c1cn(CC(=O)N2CCCCC2)c2ccccc12. The number of hydrogen-bond acceptors (Lipinski definition) is 6. The second-order valence-corrected chi connectivity index (χ2v) is 10.2. The lowest BCUT2D eigenvalue weighted by molar-refractivity contribution is -0.132. The van der Waals surface area contributed by atoms with Gasteiger partial charge in [-0.3, -0.25) is 19.3 Å². The summed E-state index contributed by atoms with van der Waals surface area (Å²) in [6.45, 7) is 5.06. The van der Waals surface area contributed by atoms with Gasteiger partial charge in [-0.15, -0.1) is 0 Å². The Morgan fingerprint density at radius 2 is 1.55 bits per heavy atom. The quantitative estimate of drug-likeness (QED) is 0.370. The first kappa shape index (κ1) is 24.5. The van der Waals surface area contributed by atoms with Gasteiger partial charge in [0.2, 0.25) is 12.7 Å². The lowest BCUT2D eigenvalue weighted by Gasteiger charge is -2.34. The molecule has 1 aromatic heterocycles. The highest BCUT2D eigenvalue weighted by molar-refractivity contribution is 6.44. The highest BCUT2D eigenvalue weighted by atomic mass is 16.7. The van der Waals surface area contributed by atoms with E-state index in [2.05, 4.69) is 4.90 Å². The molecule has 2 amide bonds. The molecule has 38 heavy (non-hydrogen) atoms. The van der Waals surface area contributed by atoms with Gasteiger partial charge >= 0.3 is 0 Å². The number of piperazine rings is 1. The van der Waals surface area contributed by atoms with Crippen molar-refractivity contribution in [3.05, 3.63) is 59.8 Å². The molecule has 9 nitrogen and oxygen atoms in total. The summed E-state index contributed by atoms with van der Waals surface area (Å²) in [5.41, 5.74) is 2.28. The van der Waals surface area contributed by atoms with E-state index in [1.807, 2.05) is 51.9 Å². The highest BCUT2D eigenvalue weighted by Crippen LogP contribution is 2.33. The summed E-state index contributed by atoms with van der Waals surface area (Å²) in [6, 6.07) is 13.4. The number of piperidine rings is 1. The summed E-state index contributed by atoms with van der Waals surface area (Å²) in [4.78, 5) is 45.4. The van der Waals surface area contributed by atoms with E-state index in [1.165, 1.54) is 0 Å². The number of ether oxygens (including phenoxy) is 2. The predicted octanol–water partition coefficient (Wildman–Crippen LogP) is 2.91. The largest absolute Gasteiger partial charge is 0.454 e. The van der Waals surface area contributed by atoms with E-state index in [4.69, 9.17) is 9.47 Å². The molecule has 2 saturated heterocycles. The molecule has 3 aliphatic heterocycles. The molecular formula is C29H32N4O5. The summed E-state index contributed by atoms with van der Waals surface area (Å²) in [6.07, 6.45) is 4.90. The zero-order chi connectivity index (χ0) is 26.1. The van der Waals surface area contributed by atoms with Gasteiger partial charge in [0.1, 0.15) is 6.54 Å². The number of nitrogens with zero attached hydrogens (tertiary/aromatic N) is 4. The molecule has 0 spiro atoms. The van der Waals surface area contributed by atoms with Crippen molar-refractivity contribution in [1.82, 2.24) is 19.3 Å². The molecule has 198 valence electrons. The molecule has 0 radical (unpaired) electrons. The van der Waals surface area contributed by atoms with Gasteiger partial charge in [0.15, 0.2) is 11.5 Å². The van der Waals surface area contributed by atoms with Crippen LogP contribution in [0.4, 0.5) is 0 Å². The number of carbonyl (C=O) groups is 3. The Morgan fingerprint density at radius 1 is 0.789 bits per heavy atom. The van der Waals surface area contributed by atoms with Crippen LogP contribution in [0.25, 0.3) is 10.9 Å². The smallest absolute Gasteiger partial charge is 0.295 e. The number of carbonyl (C=O) groups excluding carboxylic acids is 3. The number of amides is 2. The average molecular weight is 517 g/mol. The molecule has 0 unspecified atom stereocenters. The van der Waals surface area contributed by atoms with E-state index in [9.17, 15) is 14.4 Å². The average Bonchev–Trinajstić information content (AvgIpc) is 3.58. The van der Waals surface area contributed by atoms with Gasteiger partial charge in [-0.1, -0.05) is 24.3 Å². The zero-order valence-corrected chi connectivity index (χ0v) is 21.4. The fraction of sp³-hybridized carbons (Fsp3) is 0.414. The Hall–Kier alpha value is -3.85. The van der Waals surface area contributed by atoms with Gasteiger partial charge in [0.05, 0.1) is 5.56 Å². The molecule has 0 aliphatic carbocycles. The molecule has 3 aliphatic rings. The monoisotopic (exact) mass is 516 g/mol. The molecule has 3 aromatic rings. The fourth-order valence-electron chi connectivity index (χ4n) is 5.61. The van der Waals surface area contributed by atoms with Crippen molar-refractivity contribution in [2.24, 2.45) is 0 Å². The first-order valence-electron chi connectivity index (χ1n) is 13.4. The molecule has 0 atom stereocenters. The number of Topliss-reactive ketones (excluding diaryl/α,β-unsaturated/α-hetero) is 1. The van der Waals surface area contributed by atoms with Crippen molar-refractivity contribution in [2.75, 3.05) is 46.1 Å². The van der Waals surface area contributed by atoms with E-state index < -0.39 is 11.7 Å². The number of para-hydroxylation sites is 1. The molecule has 0 bridgehead atoms. The van der Waals surface area contributed by atoms with Gasteiger partial charge in [-0.2, -0.15) is 0 Å². The van der Waals surface area contributed by atoms with E-state index in [0.29, 0.717) is 37.1 Å². The fourth-order valence-corrected chi connectivity index (χ4v) is 5.61. The Kier molecular flexibility index (Phi) is 6.76. The third-order valence-corrected chi connectivity index (χ3v) is 7.74. The number of benzene rings is 2. The second kappa shape index (κ2) is 10.5. The maximum absolute atomic E-state index is 13.4. The van der Waals surface area contributed by atoms with E-state index in [0.717, 1.165) is 61.5 Å². The second-order valence-electron chi connectivity index (χ2n) is 10.2. The minimum absolute atomic E-state index is 0.0503. The standard InChI is InChI=1S/C29H32N4O5/c34-27(31-10-4-1-5-11-31)19-33-18-23(22-6-2-3-7-24(22)33)28(35)29(36)32-14-12-30(13-15-32)17-21-8-9-25-26(16-21)38-20-37-25/h2-3,6-9,16,18H,1,4-5,10-15,17,19-20H2. The lowest BCUT2D eigenvalue weighted by Crippen LogP contribution is -2.50. The summed E-state index contributed by atoms with van der Waals surface area (Å²) in [7, 11) is 0. The molecular weight excluding hydrogens is 484 g/mol. The van der Waals surface area contributed by atoms with Crippen molar-refractivity contribution in [3.8, 4) is 11.5 Å². The number of likely N-dealkylation sites (tertiary alicyclic amines) is 1. The topological polar surface area (TPSA) is 84.3 Å². The third-order valence-electron chi connectivity index (χ3n) is 7.74. The van der Waals surface area contributed by atoms with Crippen LogP contribution in [0.3, 0.4) is 0 Å². The molecule has 9 heteroatoms. The van der Waals surface area contributed by atoms with Gasteiger partial charge in [0.25, 0.3) is 11.7 Å². The van der Waals surface area contributed by atoms with Crippen LogP contribution in [0, 0.1) is 0 Å². The Balaban J connectivity index is 1.11. The molecule has 4 heterocycles. The summed E-state index contributed by atoms with van der Waals surface area (Å²) in [5.74, 6) is 0.570. The van der Waals surface area contributed by atoms with Crippen LogP contribution in [0.1, 0.15) is 35.2 Å². The maximum atomic E-state index is 13.4. The normalized spacial score (nSPS) is 17.7. The van der Waals surface area contributed by atoms with Gasteiger partial charge < -0.3 is 23.8 Å². The number of fused-ring (bicyclic) bond motifs is 2. The summed E-state index contributed by atoms with van der Waals surface area (Å²) in [5, 5.41) is 0.707. The van der Waals surface area contributed by atoms with Crippen LogP contribution in [-0.2, 0) is 22.7 Å². The van der Waals surface area contributed by atoms with Crippen molar-refractivity contribution in [1.29, 1.82) is 0 Å². The van der Waals surface area contributed by atoms with Crippen molar-refractivity contribution in [3.63, 3.8) is 0 Å². The first-order valence-corrected chi connectivity index (χ1v) is 13.4. The maximum Gasteiger partial charge on any atom is 0.295 e. The Labute approximate surface area is 221 Å². The van der Waals surface area contributed by atoms with Crippen LogP contribution < -0.4 is 9.47 Å². The van der Waals surface area contributed by atoms with Gasteiger partial charge in [-0.25, -0.2) is 0 Å². The van der Waals surface area contributed by atoms with Crippen molar-refractivity contribution < 1.29 is 23.9 Å². The predicted molar refractivity (Wildman–Crippen MR) is 141 cm³/mol. The number of rotatable bonds is 6. The summed E-state index contributed by atoms with van der Waals surface area (Å²) < 4.78 is 12.7. The molecule has 6 rings (SSSR count). The van der Waals surface area contributed by atoms with Crippen LogP contribution in [-0.4, -0.2) is 82.9 Å². The first-order chi connectivity index (χ1) is 18.6. The molecule has 0 N–H and O–H groups in total. The van der Waals surface area contributed by atoms with E-state index in [-0.39, 0.29) is 19.2 Å². The molecule has 2 aromatic carbocycles. The molecule has 2 fully saturated rings. The van der Waals surface area contributed by atoms with Gasteiger partial charge in [0, 0.05) is 62.9 Å². The minimum Gasteiger partial charge on any atom is -0.454 e. The Morgan fingerprint density at radius 3 is 2.37 bits per heavy atom. The number of ketones is 1. The highest BCUT2D eigenvalue weighted by Gasteiger charge is 2.29. The van der Waals surface area contributed by atoms with Crippen molar-refractivity contribution >= 4 is 28.5 Å². The van der Waals surface area contributed by atoms with Crippen LogP contribution >= 0.6 is 0 Å². The van der Waals surface area contributed by atoms with Crippen molar-refractivity contribution in [2.45, 2.75) is 32.4 Å². The number of aromatic nitrogens is 1. The van der Waals surface area contributed by atoms with Crippen LogP contribution in [0.5, 0.6) is 11.5 Å². The third kappa shape index (κ3) is 4.86. The lowest BCUT2D eigenvalue weighted by atomic mass is 10.1. The minimum atomic E-state index is -0.519. The zero-order valence-electron chi connectivity index (χ0n) is 21.4. The Bertz CT molecular complexity index is 1370. The van der Waals surface area contributed by atoms with Gasteiger partial charge in [-0.05, 0) is 43.0 Å². The van der Waals surface area contributed by atoms with E-state index >= 15 is 0 Å². The van der Waals surface area contributed by atoms with E-state index in [1.54, 1.807) is 11.1 Å². The summed E-state index contributed by atoms with van der Waals surface area (Å²) >= 11 is 0. The van der Waals surface area contributed by atoms with Crippen LogP contribution in [0.15, 0.2) is 48.7 Å². The molecule has 0 saturated carbocycles. The van der Waals surface area contributed by atoms with Crippen LogP contribution in [0.2, 0.25) is 0 Å².